The van der Waals surface area contributed by atoms with Crippen molar-refractivity contribution in [1.82, 2.24) is 16.0 Å². The molecule has 13 nitrogen and oxygen atoms in total. The van der Waals surface area contributed by atoms with E-state index in [1.54, 1.807) is 12.1 Å². The van der Waals surface area contributed by atoms with Crippen molar-refractivity contribution in [2.75, 3.05) is 13.1 Å². The average Bonchev–Trinajstić information content (AvgIpc) is 3.19. The number of amides is 3. The minimum atomic E-state index is -5.08. The van der Waals surface area contributed by atoms with Gasteiger partial charge in [0.1, 0.15) is 17.9 Å². The van der Waals surface area contributed by atoms with Crippen LogP contribution in [0, 0.1) is 23.2 Å². The number of guanidine groups is 1. The molecule has 2 aliphatic carbocycles. The van der Waals surface area contributed by atoms with E-state index in [4.69, 9.17) is 55.7 Å². The molecule has 2 aromatic carbocycles. The molecular formula is C40H55Cl2F3N8O5. The number of benzene rings is 2. The smallest absolute Gasteiger partial charge is 0.475 e. The first-order valence-corrected chi connectivity index (χ1v) is 20.3. The number of nitrogens with one attached hydrogen (secondary N) is 4. The number of carbonyl (C=O) groups excluding carboxylic acids is 3. The minimum Gasteiger partial charge on any atom is -0.475 e. The molecule has 3 amide bonds. The van der Waals surface area contributed by atoms with Crippen LogP contribution in [0.4, 0.5) is 13.2 Å². The number of carboxylic acid groups (broad SMARTS) is 1. The lowest BCUT2D eigenvalue weighted by molar-refractivity contribution is -0.192. The number of aliphatic carboxylic acids is 1. The molecule has 11 N–H and O–H groups in total. The molecule has 0 heterocycles. The Morgan fingerprint density at radius 1 is 0.810 bits per heavy atom. The van der Waals surface area contributed by atoms with Crippen molar-refractivity contribution in [1.29, 1.82) is 5.41 Å². The highest BCUT2D eigenvalue weighted by molar-refractivity contribution is 6.42. The van der Waals surface area contributed by atoms with Crippen LogP contribution in [0.2, 0.25) is 10.0 Å². The third-order valence-electron chi connectivity index (χ3n) is 10.5. The second kappa shape index (κ2) is 23.7. The first-order valence-electron chi connectivity index (χ1n) is 19.6. The van der Waals surface area contributed by atoms with E-state index >= 15 is 0 Å². The van der Waals surface area contributed by atoms with Gasteiger partial charge in [-0.3, -0.25) is 24.8 Å². The normalized spacial score (nSPS) is 16.4. The lowest BCUT2D eigenvalue weighted by Gasteiger charge is -2.34. The van der Waals surface area contributed by atoms with Gasteiger partial charge in [0, 0.05) is 24.6 Å². The van der Waals surface area contributed by atoms with Crippen molar-refractivity contribution in [3.63, 3.8) is 0 Å². The van der Waals surface area contributed by atoms with Gasteiger partial charge in [0.25, 0.3) is 0 Å². The Labute approximate surface area is 346 Å². The fourth-order valence-corrected chi connectivity index (χ4v) is 7.71. The van der Waals surface area contributed by atoms with Crippen molar-refractivity contribution in [2.45, 2.75) is 108 Å². The van der Waals surface area contributed by atoms with Crippen molar-refractivity contribution in [3.8, 4) is 0 Å². The van der Waals surface area contributed by atoms with Gasteiger partial charge in [-0.1, -0.05) is 92.1 Å². The molecule has 4 rings (SSSR count). The highest BCUT2D eigenvalue weighted by Crippen LogP contribution is 2.34. The Hall–Kier alpha value is -4.57. The molecule has 0 aromatic heterocycles. The van der Waals surface area contributed by atoms with Crippen LogP contribution in [0.15, 0.2) is 47.5 Å². The zero-order valence-electron chi connectivity index (χ0n) is 32.4. The molecule has 18 heteroatoms. The van der Waals surface area contributed by atoms with Crippen LogP contribution in [0.5, 0.6) is 0 Å². The highest BCUT2D eigenvalue weighted by atomic mass is 35.5. The fourth-order valence-electron chi connectivity index (χ4n) is 7.39. The predicted octanol–water partition coefficient (Wildman–Crippen LogP) is 5.61. The molecule has 58 heavy (non-hydrogen) atoms. The van der Waals surface area contributed by atoms with E-state index in [1.165, 1.54) is 0 Å². The molecule has 2 unspecified atom stereocenters. The SMILES string of the molecule is N=C(N)c1ccc(CC(C(=O)NC(C(=O)N[C@@H](CCCN=C(N)N)C(=O)NCCc2ccc(Cl)c(Cl)c2)C2CCCCC2)C2CCCCC2)cc1.O=C(O)C(F)(F)F. The average molecular weight is 856 g/mol. The Morgan fingerprint density at radius 2 is 1.38 bits per heavy atom. The van der Waals surface area contributed by atoms with Gasteiger partial charge in [-0.15, -0.1) is 0 Å². The molecule has 2 aliphatic rings. The molecule has 0 radical (unpaired) electrons. The maximum absolute atomic E-state index is 14.3. The summed E-state index contributed by atoms with van der Waals surface area (Å²) in [5.41, 5.74) is 19.2. The Bertz CT molecular complexity index is 1710. The van der Waals surface area contributed by atoms with Gasteiger partial charge in [0.2, 0.25) is 17.7 Å². The molecule has 0 aliphatic heterocycles. The summed E-state index contributed by atoms with van der Waals surface area (Å²) in [5, 5.41) is 25.0. The number of carbonyl (C=O) groups is 4. The zero-order chi connectivity index (χ0) is 42.8. The zero-order valence-corrected chi connectivity index (χ0v) is 33.9. The van der Waals surface area contributed by atoms with E-state index in [9.17, 15) is 27.6 Å². The van der Waals surface area contributed by atoms with E-state index in [-0.39, 0.29) is 47.3 Å². The predicted molar refractivity (Wildman–Crippen MR) is 218 cm³/mol. The Balaban J connectivity index is 0.00000117. The summed E-state index contributed by atoms with van der Waals surface area (Å²) in [6.45, 7) is 0.640. The molecule has 2 aromatic rings. The van der Waals surface area contributed by atoms with Gasteiger partial charge in [-0.2, -0.15) is 13.2 Å². The van der Waals surface area contributed by atoms with Crippen molar-refractivity contribution in [3.05, 3.63) is 69.2 Å². The third-order valence-corrected chi connectivity index (χ3v) is 11.2. The summed E-state index contributed by atoms with van der Waals surface area (Å²) in [6, 6.07) is 11.2. The van der Waals surface area contributed by atoms with Crippen LogP contribution in [-0.2, 0) is 32.0 Å². The van der Waals surface area contributed by atoms with E-state index in [0.717, 1.165) is 75.3 Å². The maximum atomic E-state index is 14.3. The lowest BCUT2D eigenvalue weighted by Crippen LogP contribution is -2.57. The van der Waals surface area contributed by atoms with Crippen LogP contribution in [0.1, 0.15) is 93.7 Å². The fraction of sp³-hybridized carbons (Fsp3) is 0.550. The molecule has 0 spiro atoms. The van der Waals surface area contributed by atoms with Gasteiger partial charge in [-0.05, 0) is 86.5 Å². The highest BCUT2D eigenvalue weighted by Gasteiger charge is 2.39. The first-order chi connectivity index (χ1) is 27.5. The van der Waals surface area contributed by atoms with Crippen LogP contribution < -0.4 is 33.2 Å². The van der Waals surface area contributed by atoms with E-state index in [0.29, 0.717) is 54.4 Å². The van der Waals surface area contributed by atoms with Crippen molar-refractivity contribution >= 4 is 58.7 Å². The Morgan fingerprint density at radius 3 is 1.91 bits per heavy atom. The largest absolute Gasteiger partial charge is 0.490 e. The van der Waals surface area contributed by atoms with Crippen LogP contribution in [-0.4, -0.2) is 71.9 Å². The quantitative estimate of drug-likeness (QED) is 0.0564. The third kappa shape index (κ3) is 16.4. The van der Waals surface area contributed by atoms with Gasteiger partial charge in [0.05, 0.1) is 10.0 Å². The molecule has 0 bridgehead atoms. The van der Waals surface area contributed by atoms with Gasteiger partial charge in [-0.25, -0.2) is 4.79 Å². The number of alkyl halides is 3. The standard InChI is InChI=1S/C38H54Cl2N8O3.C2HF3O2/c39-30-18-15-25(23-31(30)40)19-21-45-36(50)32(12-7-20-46-38(43)44)47-37(51)33(27-10-5-2-6-11-27)48-35(49)29(26-8-3-1-4-9-26)22-24-13-16-28(17-14-24)34(41)42;3-2(4,5)1(6)7/h13-18,23,26-27,29,32-33H,1-12,19-22H2,(H3,41,42)(H,45,50)(H,47,51)(H,48,49)(H4,43,44,46);(H,6,7)/t29?,32-,33?;/m0./s1. The summed E-state index contributed by atoms with van der Waals surface area (Å²) in [6.07, 6.45) is 6.69. The van der Waals surface area contributed by atoms with Crippen LogP contribution in [0.25, 0.3) is 0 Å². The number of carboxylic acids is 1. The maximum Gasteiger partial charge on any atom is 0.490 e. The number of hydrogen-bond donors (Lipinski definition) is 8. The minimum absolute atomic E-state index is 0.000783. The first kappa shape index (κ1) is 47.8. The number of rotatable bonds is 17. The summed E-state index contributed by atoms with van der Waals surface area (Å²) in [5.74, 6) is -3.75. The van der Waals surface area contributed by atoms with Crippen molar-refractivity contribution in [2.24, 2.45) is 39.9 Å². The number of nitrogens with zero attached hydrogens (tertiary/aromatic N) is 1. The van der Waals surface area contributed by atoms with Crippen LogP contribution in [0.3, 0.4) is 0 Å². The van der Waals surface area contributed by atoms with E-state index in [1.807, 2.05) is 30.3 Å². The van der Waals surface area contributed by atoms with Crippen molar-refractivity contribution < 1.29 is 37.5 Å². The molecule has 2 fully saturated rings. The van der Waals surface area contributed by atoms with E-state index in [2.05, 4.69) is 20.9 Å². The number of amidine groups is 1. The summed E-state index contributed by atoms with van der Waals surface area (Å²) >= 11 is 12.2. The summed E-state index contributed by atoms with van der Waals surface area (Å²) in [7, 11) is 0. The second-order valence-electron chi connectivity index (χ2n) is 14.8. The van der Waals surface area contributed by atoms with Gasteiger partial charge >= 0.3 is 12.1 Å². The molecular weight excluding hydrogens is 800 g/mol. The Kier molecular flexibility index (Phi) is 19.6. The van der Waals surface area contributed by atoms with Gasteiger partial charge < -0.3 is 38.3 Å². The number of nitrogen functional groups attached to an aromatic ring is 1. The topological polar surface area (TPSA) is 239 Å². The van der Waals surface area contributed by atoms with E-state index < -0.39 is 24.2 Å². The summed E-state index contributed by atoms with van der Waals surface area (Å²) in [4.78, 5) is 55.0. The molecule has 0 saturated heterocycles. The van der Waals surface area contributed by atoms with Gasteiger partial charge in [0.15, 0.2) is 5.96 Å². The molecule has 2 saturated carbocycles. The number of nitrogens with two attached hydrogens (primary N) is 3. The number of aliphatic imine (C=N–C) groups is 1. The van der Waals surface area contributed by atoms with Crippen LogP contribution >= 0.6 is 23.2 Å². The summed E-state index contributed by atoms with van der Waals surface area (Å²) < 4.78 is 31.7. The monoisotopic (exact) mass is 854 g/mol. The lowest BCUT2D eigenvalue weighted by atomic mass is 9.76. The number of halogens is 5. The molecule has 320 valence electrons. The molecule has 3 atom stereocenters. The second-order valence-corrected chi connectivity index (χ2v) is 15.6. The number of hydrogen-bond acceptors (Lipinski definition) is 6.